The van der Waals surface area contributed by atoms with Crippen LogP contribution in [0, 0.1) is 6.92 Å². The van der Waals surface area contributed by atoms with Gasteiger partial charge in [0.05, 0.1) is 10.5 Å². The van der Waals surface area contributed by atoms with Crippen LogP contribution in [-0.2, 0) is 15.4 Å². The first-order valence-electron chi connectivity index (χ1n) is 14.4. The van der Waals surface area contributed by atoms with Crippen LogP contribution in [0.1, 0.15) is 49.1 Å². The first-order chi connectivity index (χ1) is 21.5. The van der Waals surface area contributed by atoms with Gasteiger partial charge in [-0.25, -0.2) is 28.4 Å². The predicted molar refractivity (Wildman–Crippen MR) is 172 cm³/mol. The lowest BCUT2D eigenvalue weighted by molar-refractivity contribution is 0.199. The molecule has 0 saturated carbocycles. The summed E-state index contributed by atoms with van der Waals surface area (Å²) in [6.07, 6.45) is 3.41. The van der Waals surface area contributed by atoms with E-state index in [0.29, 0.717) is 16.7 Å². The second-order valence-corrected chi connectivity index (χ2v) is 13.1. The minimum atomic E-state index is -3.97. The summed E-state index contributed by atoms with van der Waals surface area (Å²) in [7, 11) is -3.97. The topological polar surface area (TPSA) is 136 Å². The zero-order valence-corrected chi connectivity index (χ0v) is 26.3. The predicted octanol–water partition coefficient (Wildman–Crippen LogP) is 5.88. The third-order valence-electron chi connectivity index (χ3n) is 7.05. The Morgan fingerprint density at radius 3 is 2.09 bits per heavy atom. The lowest BCUT2D eigenvalue weighted by Crippen LogP contribution is -2.17. The van der Waals surface area contributed by atoms with E-state index in [-0.39, 0.29) is 41.2 Å². The molecular formula is C34H35N5O5S. The van der Waals surface area contributed by atoms with Gasteiger partial charge in [-0.1, -0.05) is 93.1 Å². The molecule has 5 aromatic rings. The molecule has 0 saturated heterocycles. The van der Waals surface area contributed by atoms with Crippen LogP contribution in [0.4, 0.5) is 5.82 Å². The van der Waals surface area contributed by atoms with E-state index < -0.39 is 16.1 Å². The van der Waals surface area contributed by atoms with Crippen molar-refractivity contribution in [3.8, 4) is 23.0 Å². The number of anilines is 1. The van der Waals surface area contributed by atoms with Crippen molar-refractivity contribution in [2.24, 2.45) is 0 Å². The molecule has 0 aliphatic rings. The number of hydrogen-bond donors (Lipinski definition) is 2. The molecule has 0 aliphatic carbocycles. The Morgan fingerprint density at radius 2 is 1.44 bits per heavy atom. The second-order valence-electron chi connectivity index (χ2n) is 11.5. The molecule has 2 N–H and O–H groups in total. The number of nitrogens with zero attached hydrogens (tertiary/aromatic N) is 4. The van der Waals surface area contributed by atoms with E-state index >= 15 is 0 Å². The summed E-state index contributed by atoms with van der Waals surface area (Å²) in [5.41, 5.74) is 4.28. The normalized spacial score (nSPS) is 12.4. The zero-order valence-electron chi connectivity index (χ0n) is 25.5. The molecule has 45 heavy (non-hydrogen) atoms. The lowest BCUT2D eigenvalue weighted by Gasteiger charge is -2.19. The maximum Gasteiger partial charge on any atom is 0.316 e. The first kappa shape index (κ1) is 31.6. The fourth-order valence-corrected chi connectivity index (χ4v) is 5.52. The van der Waals surface area contributed by atoms with Crippen LogP contribution < -0.4 is 14.2 Å². The maximum atomic E-state index is 13.4. The summed E-state index contributed by atoms with van der Waals surface area (Å²) in [6.45, 7) is 8.31. The maximum absolute atomic E-state index is 13.4. The highest BCUT2D eigenvalue weighted by atomic mass is 32.2. The van der Waals surface area contributed by atoms with Crippen LogP contribution in [-0.4, -0.2) is 46.7 Å². The molecule has 232 valence electrons. The Morgan fingerprint density at radius 1 is 0.800 bits per heavy atom. The third kappa shape index (κ3) is 7.81. The molecule has 0 aliphatic heterocycles. The molecule has 0 spiro atoms. The average Bonchev–Trinajstić information content (AvgIpc) is 3.03. The highest BCUT2D eigenvalue weighted by molar-refractivity contribution is 7.92. The van der Waals surface area contributed by atoms with Crippen molar-refractivity contribution in [2.45, 2.75) is 44.1 Å². The number of rotatable bonds is 11. The van der Waals surface area contributed by atoms with Crippen LogP contribution >= 0.6 is 0 Å². The number of nitrogens with one attached hydrogen (secondary N) is 1. The number of aryl methyl sites for hydroxylation is 1. The lowest BCUT2D eigenvalue weighted by atomic mass is 9.87. The quantitative estimate of drug-likeness (QED) is 0.172. The van der Waals surface area contributed by atoms with Gasteiger partial charge in [-0.3, -0.25) is 4.72 Å². The largest absolute Gasteiger partial charge is 0.473 e. The summed E-state index contributed by atoms with van der Waals surface area (Å²) < 4.78 is 41.1. The van der Waals surface area contributed by atoms with Crippen molar-refractivity contribution in [3.63, 3.8) is 0 Å². The van der Waals surface area contributed by atoms with E-state index in [1.54, 1.807) is 12.1 Å². The molecule has 3 aromatic carbocycles. The molecule has 0 amide bonds. The van der Waals surface area contributed by atoms with Crippen LogP contribution in [0.15, 0.2) is 102 Å². The standard InChI is InChI=1S/C34H35N5O5S/c1-23-10-12-24(13-11-23)29-31(39-45(41,42)28-16-14-27(15-17-28)34(2,3)4)37-22-38-32(29)43-18-19-44-33-35-20-26(21-36-33)30(40)25-8-6-5-7-9-25/h5-17,20-22,30,40H,18-19H2,1-4H3,(H,37,38,39). The SMILES string of the molecule is Cc1ccc(-c2c(NS(=O)(=O)c3ccc(C(C)(C)C)cc3)ncnc2OCCOc2ncc(C(O)c3ccccc3)cn2)cc1. The van der Waals surface area contributed by atoms with Crippen molar-refractivity contribution in [2.75, 3.05) is 17.9 Å². The highest BCUT2D eigenvalue weighted by Gasteiger charge is 2.23. The molecule has 1 atom stereocenters. The molecule has 2 aromatic heterocycles. The molecule has 5 rings (SSSR count). The van der Waals surface area contributed by atoms with E-state index in [2.05, 4.69) is 45.4 Å². The Bertz CT molecular complexity index is 1830. The van der Waals surface area contributed by atoms with Gasteiger partial charge in [-0.15, -0.1) is 0 Å². The molecule has 0 bridgehead atoms. The second kappa shape index (κ2) is 13.4. The van der Waals surface area contributed by atoms with E-state index in [1.165, 1.54) is 18.7 Å². The number of aromatic nitrogens is 4. The van der Waals surface area contributed by atoms with E-state index in [9.17, 15) is 13.5 Å². The van der Waals surface area contributed by atoms with Crippen LogP contribution in [0.5, 0.6) is 11.9 Å². The van der Waals surface area contributed by atoms with Crippen molar-refractivity contribution < 1.29 is 23.0 Å². The van der Waals surface area contributed by atoms with Crippen LogP contribution in [0.25, 0.3) is 11.1 Å². The number of hydrogen-bond acceptors (Lipinski definition) is 9. The van der Waals surface area contributed by atoms with Crippen molar-refractivity contribution in [3.05, 3.63) is 120 Å². The molecular weight excluding hydrogens is 590 g/mol. The zero-order chi connectivity index (χ0) is 32.0. The molecule has 10 nitrogen and oxygen atoms in total. The molecule has 0 fully saturated rings. The number of aliphatic hydroxyl groups is 1. The smallest absolute Gasteiger partial charge is 0.316 e. The molecule has 2 heterocycles. The summed E-state index contributed by atoms with van der Waals surface area (Å²) in [4.78, 5) is 17.1. The fourth-order valence-electron chi connectivity index (χ4n) is 4.50. The van der Waals surface area contributed by atoms with E-state index in [1.807, 2.05) is 73.7 Å². The number of benzene rings is 3. The highest BCUT2D eigenvalue weighted by Crippen LogP contribution is 2.35. The Balaban J connectivity index is 1.31. The number of ether oxygens (including phenoxy) is 2. The minimum Gasteiger partial charge on any atom is -0.473 e. The van der Waals surface area contributed by atoms with Gasteiger partial charge >= 0.3 is 6.01 Å². The van der Waals surface area contributed by atoms with Crippen LogP contribution in [0.2, 0.25) is 0 Å². The molecule has 1 unspecified atom stereocenters. The third-order valence-corrected chi connectivity index (χ3v) is 8.40. The van der Waals surface area contributed by atoms with Crippen molar-refractivity contribution in [1.82, 2.24) is 19.9 Å². The van der Waals surface area contributed by atoms with Gasteiger partial charge in [0.1, 0.15) is 25.6 Å². The summed E-state index contributed by atoms with van der Waals surface area (Å²) in [5.74, 6) is 0.265. The summed E-state index contributed by atoms with van der Waals surface area (Å²) >= 11 is 0. The number of aliphatic hydroxyl groups excluding tert-OH is 1. The summed E-state index contributed by atoms with van der Waals surface area (Å²) in [5, 5.41) is 10.6. The van der Waals surface area contributed by atoms with Gasteiger partial charge in [0, 0.05) is 18.0 Å². The Kier molecular flexibility index (Phi) is 9.40. The van der Waals surface area contributed by atoms with E-state index in [4.69, 9.17) is 9.47 Å². The van der Waals surface area contributed by atoms with Gasteiger partial charge in [0.2, 0.25) is 5.88 Å². The van der Waals surface area contributed by atoms with Gasteiger partial charge in [-0.2, -0.15) is 0 Å². The molecule has 0 radical (unpaired) electrons. The van der Waals surface area contributed by atoms with Gasteiger partial charge in [0.25, 0.3) is 10.0 Å². The molecule has 11 heteroatoms. The first-order valence-corrected chi connectivity index (χ1v) is 15.9. The Labute approximate surface area is 263 Å². The monoisotopic (exact) mass is 625 g/mol. The fraction of sp³-hybridized carbons (Fsp3) is 0.235. The van der Waals surface area contributed by atoms with Crippen LogP contribution in [0.3, 0.4) is 0 Å². The van der Waals surface area contributed by atoms with Crippen molar-refractivity contribution in [1.29, 1.82) is 0 Å². The van der Waals surface area contributed by atoms with Gasteiger partial charge < -0.3 is 14.6 Å². The Hall–Kier alpha value is -4.87. The van der Waals surface area contributed by atoms with E-state index in [0.717, 1.165) is 16.7 Å². The summed E-state index contributed by atoms with van der Waals surface area (Å²) in [6, 6.07) is 23.7. The average molecular weight is 626 g/mol. The minimum absolute atomic E-state index is 0.0636. The van der Waals surface area contributed by atoms with Gasteiger partial charge in [0.15, 0.2) is 5.82 Å². The number of sulfonamides is 1. The van der Waals surface area contributed by atoms with Crippen molar-refractivity contribution >= 4 is 15.8 Å². The van der Waals surface area contributed by atoms with Gasteiger partial charge in [-0.05, 0) is 41.2 Å².